The lowest BCUT2D eigenvalue weighted by atomic mass is 9.99. The molecule has 2 aromatic carbocycles. The summed E-state index contributed by atoms with van der Waals surface area (Å²) in [6.45, 7) is 7.67. The van der Waals surface area contributed by atoms with E-state index in [2.05, 4.69) is 11.6 Å². The highest BCUT2D eigenvalue weighted by Gasteiger charge is 2.23. The molecule has 0 spiro atoms. The number of hydrogen-bond donors (Lipinski definition) is 0. The predicted octanol–water partition coefficient (Wildman–Crippen LogP) is 4.65. The number of esters is 1. The summed E-state index contributed by atoms with van der Waals surface area (Å²) >= 11 is 0. The predicted molar refractivity (Wildman–Crippen MR) is 126 cm³/mol. The molecule has 3 aromatic heterocycles. The normalized spacial score (nSPS) is 12.6. The highest BCUT2D eigenvalue weighted by atomic mass is 16.6. The number of carbonyl (C=O) groups is 1. The third-order valence-electron chi connectivity index (χ3n) is 5.84. The molecule has 1 unspecified atom stereocenters. The van der Waals surface area contributed by atoms with E-state index < -0.39 is 12.1 Å². The van der Waals surface area contributed by atoms with Crippen LogP contribution in [0.25, 0.3) is 38.1 Å². The Balaban J connectivity index is 1.93. The first-order valence-electron chi connectivity index (χ1n) is 10.4. The zero-order valence-electron chi connectivity index (χ0n) is 18.1. The van der Waals surface area contributed by atoms with Gasteiger partial charge in [-0.25, -0.2) is 4.79 Å². The van der Waals surface area contributed by atoms with Crippen molar-refractivity contribution in [2.45, 2.75) is 26.4 Å². The van der Waals surface area contributed by atoms with Crippen LogP contribution in [-0.4, -0.2) is 28.6 Å². The Morgan fingerprint density at radius 3 is 2.59 bits per heavy atom. The molecule has 0 fully saturated rings. The Hall–Kier alpha value is -3.93. The summed E-state index contributed by atoms with van der Waals surface area (Å²) in [6, 6.07) is 13.1. The van der Waals surface area contributed by atoms with Crippen LogP contribution in [0, 0.1) is 0 Å². The highest BCUT2D eigenvalue weighted by Crippen LogP contribution is 2.39. The maximum atomic E-state index is 13.5. The molecule has 160 valence electrons. The smallest absolute Gasteiger partial charge is 0.346 e. The number of benzene rings is 2. The second-order valence-electron chi connectivity index (χ2n) is 8.10. The van der Waals surface area contributed by atoms with Crippen molar-refractivity contribution in [2.75, 3.05) is 7.11 Å². The number of methoxy groups -OCH3 is 1. The fraction of sp³-hybridized carbons (Fsp3) is 0.192. The number of pyridine rings is 2. The summed E-state index contributed by atoms with van der Waals surface area (Å²) in [4.78, 5) is 30.1. The average molecular weight is 426 g/mol. The summed E-state index contributed by atoms with van der Waals surface area (Å²) in [7, 11) is 1.33. The van der Waals surface area contributed by atoms with E-state index >= 15 is 0 Å². The van der Waals surface area contributed by atoms with Gasteiger partial charge in [-0.2, -0.15) is 0 Å². The Kier molecular flexibility index (Phi) is 4.59. The maximum absolute atomic E-state index is 13.5. The van der Waals surface area contributed by atoms with Crippen molar-refractivity contribution in [1.29, 1.82) is 0 Å². The Bertz CT molecular complexity index is 1600. The van der Waals surface area contributed by atoms with Gasteiger partial charge in [0.15, 0.2) is 6.10 Å². The lowest BCUT2D eigenvalue weighted by Crippen LogP contribution is -2.25. The highest BCUT2D eigenvalue weighted by molar-refractivity contribution is 6.19. The first-order valence-corrected chi connectivity index (χ1v) is 10.4. The van der Waals surface area contributed by atoms with Crippen LogP contribution in [0.1, 0.15) is 19.4 Å². The van der Waals surface area contributed by atoms with Crippen LogP contribution >= 0.6 is 0 Å². The van der Waals surface area contributed by atoms with Crippen molar-refractivity contribution in [3.05, 3.63) is 76.7 Å². The third kappa shape index (κ3) is 2.83. The van der Waals surface area contributed by atoms with Crippen molar-refractivity contribution in [3.63, 3.8) is 0 Å². The molecule has 0 saturated heterocycles. The molecule has 0 aliphatic heterocycles. The van der Waals surface area contributed by atoms with Gasteiger partial charge in [-0.3, -0.25) is 14.2 Å². The second-order valence-corrected chi connectivity index (χ2v) is 8.10. The van der Waals surface area contributed by atoms with Gasteiger partial charge in [0.2, 0.25) is 0 Å². The van der Waals surface area contributed by atoms with Gasteiger partial charge in [-0.15, -0.1) is 0 Å². The Morgan fingerprint density at radius 1 is 1.12 bits per heavy atom. The number of rotatable bonds is 5. The van der Waals surface area contributed by atoms with E-state index in [4.69, 9.17) is 9.47 Å². The molecule has 0 saturated carbocycles. The van der Waals surface area contributed by atoms with Crippen molar-refractivity contribution < 1.29 is 14.3 Å². The van der Waals surface area contributed by atoms with Crippen LogP contribution in [0.5, 0.6) is 5.75 Å². The van der Waals surface area contributed by atoms with Gasteiger partial charge in [0, 0.05) is 33.3 Å². The molecule has 0 radical (unpaired) electrons. The molecule has 6 heteroatoms. The molecule has 0 aliphatic rings. The lowest BCUT2D eigenvalue weighted by Gasteiger charge is -2.17. The molecular weight excluding hydrogens is 404 g/mol. The largest absolute Gasteiger partial charge is 0.479 e. The minimum atomic E-state index is -0.770. The van der Waals surface area contributed by atoms with Gasteiger partial charge in [0.05, 0.1) is 23.7 Å². The summed E-state index contributed by atoms with van der Waals surface area (Å²) in [5.41, 5.74) is 4.08. The maximum Gasteiger partial charge on any atom is 0.346 e. The van der Waals surface area contributed by atoms with E-state index in [1.54, 1.807) is 17.5 Å². The topological polar surface area (TPSA) is 69.9 Å². The number of allylic oxidation sites excluding steroid dienone is 1. The second kappa shape index (κ2) is 7.34. The first kappa shape index (κ1) is 20.0. The zero-order chi connectivity index (χ0) is 22.6. The number of aromatic nitrogens is 2. The van der Waals surface area contributed by atoms with Crippen molar-refractivity contribution in [2.24, 2.45) is 0 Å². The van der Waals surface area contributed by atoms with Crippen LogP contribution in [0.3, 0.4) is 0 Å². The molecule has 32 heavy (non-hydrogen) atoms. The van der Waals surface area contributed by atoms with Gasteiger partial charge in [0.25, 0.3) is 5.56 Å². The molecule has 1 atom stereocenters. The standard InChI is InChI=1S/C26H22N2O4/c1-14(2)13-19-21(32-15(3)26(30)31-4)10-9-20-22(19)18-11-12-27-23-16-7-5-6-8-17(16)25(29)28(20)24(18)23/h5-12,15H,1,13H2,2-4H3. The summed E-state index contributed by atoms with van der Waals surface area (Å²) in [5.74, 6) is 0.115. The zero-order valence-corrected chi connectivity index (χ0v) is 18.1. The average Bonchev–Trinajstić information content (AvgIpc) is 3.13. The first-order chi connectivity index (χ1) is 15.4. The van der Waals surface area contributed by atoms with Crippen molar-refractivity contribution in [3.8, 4) is 5.75 Å². The SMILES string of the molecule is C=C(C)Cc1c(OC(C)C(=O)OC)ccc2c1c1ccnc3c4ccccc4c(=O)n2c13. The Labute approximate surface area is 184 Å². The third-order valence-corrected chi connectivity index (χ3v) is 5.84. The fourth-order valence-electron chi connectivity index (χ4n) is 4.50. The number of hydrogen-bond acceptors (Lipinski definition) is 5. The van der Waals surface area contributed by atoms with E-state index in [0.717, 1.165) is 43.8 Å². The van der Waals surface area contributed by atoms with Crippen molar-refractivity contribution in [1.82, 2.24) is 9.38 Å². The molecule has 0 N–H and O–H groups in total. The lowest BCUT2D eigenvalue weighted by molar-refractivity contribution is -0.147. The van der Waals surface area contributed by atoms with Crippen LogP contribution in [0.4, 0.5) is 0 Å². The summed E-state index contributed by atoms with van der Waals surface area (Å²) < 4.78 is 12.6. The van der Waals surface area contributed by atoms with Crippen molar-refractivity contribution >= 4 is 44.1 Å². The van der Waals surface area contributed by atoms with Crippen LogP contribution in [0.2, 0.25) is 0 Å². The van der Waals surface area contributed by atoms with E-state index in [1.807, 2.05) is 49.4 Å². The minimum absolute atomic E-state index is 0.0843. The van der Waals surface area contributed by atoms with Gasteiger partial charge >= 0.3 is 5.97 Å². The number of nitrogens with zero attached hydrogens (tertiary/aromatic N) is 2. The van der Waals surface area contributed by atoms with Gasteiger partial charge < -0.3 is 9.47 Å². The molecular formula is C26H22N2O4. The van der Waals surface area contributed by atoms with E-state index in [1.165, 1.54) is 7.11 Å². The monoisotopic (exact) mass is 426 g/mol. The quantitative estimate of drug-likeness (QED) is 0.232. The summed E-state index contributed by atoms with van der Waals surface area (Å²) in [6.07, 6.45) is 1.54. The summed E-state index contributed by atoms with van der Waals surface area (Å²) in [5, 5.41) is 3.27. The molecule has 6 nitrogen and oxygen atoms in total. The van der Waals surface area contributed by atoms with Crippen LogP contribution in [-0.2, 0) is 16.0 Å². The molecule has 5 aromatic rings. The van der Waals surface area contributed by atoms with Gasteiger partial charge in [0.1, 0.15) is 5.75 Å². The molecule has 3 heterocycles. The minimum Gasteiger partial charge on any atom is -0.479 e. The van der Waals surface area contributed by atoms with E-state index in [0.29, 0.717) is 17.6 Å². The Morgan fingerprint density at radius 2 is 1.88 bits per heavy atom. The molecule has 0 bridgehead atoms. The molecule has 5 rings (SSSR count). The molecule has 0 aliphatic carbocycles. The fourth-order valence-corrected chi connectivity index (χ4v) is 4.50. The molecule has 0 amide bonds. The number of fused-ring (bicyclic) bond motifs is 5. The van der Waals surface area contributed by atoms with Crippen LogP contribution in [0.15, 0.2) is 65.6 Å². The van der Waals surface area contributed by atoms with Gasteiger partial charge in [-0.1, -0.05) is 30.4 Å². The van der Waals surface area contributed by atoms with E-state index in [9.17, 15) is 9.59 Å². The number of ether oxygens (including phenoxy) is 2. The van der Waals surface area contributed by atoms with Gasteiger partial charge in [-0.05, 0) is 44.5 Å². The van der Waals surface area contributed by atoms with Crippen LogP contribution < -0.4 is 10.3 Å². The number of carbonyl (C=O) groups excluding carboxylic acids is 1. The van der Waals surface area contributed by atoms with E-state index in [-0.39, 0.29) is 5.56 Å².